The van der Waals surface area contributed by atoms with Crippen LogP contribution in [0.25, 0.3) is 10.9 Å². The zero-order valence-corrected chi connectivity index (χ0v) is 9.49. The summed E-state index contributed by atoms with van der Waals surface area (Å²) >= 11 is 2.01. The molecular formula is C12H13NOS. The summed E-state index contributed by atoms with van der Waals surface area (Å²) in [4.78, 5) is 3.50. The highest BCUT2D eigenvalue weighted by Crippen LogP contribution is 2.34. The van der Waals surface area contributed by atoms with Crippen molar-refractivity contribution in [2.45, 2.75) is 12.2 Å². The van der Waals surface area contributed by atoms with E-state index in [9.17, 15) is 0 Å². The molecule has 2 heterocycles. The maximum absolute atomic E-state index is 5.37. The molecule has 0 fully saturated rings. The van der Waals surface area contributed by atoms with Gasteiger partial charge >= 0.3 is 0 Å². The Kier molecular flexibility index (Phi) is 2.13. The highest BCUT2D eigenvalue weighted by Gasteiger charge is 2.16. The molecule has 3 heteroatoms. The van der Waals surface area contributed by atoms with E-state index in [-0.39, 0.29) is 0 Å². The Bertz CT molecular complexity index is 504. The lowest BCUT2D eigenvalue weighted by Crippen LogP contribution is -1.99. The minimum Gasteiger partial charge on any atom is -0.495 e. The van der Waals surface area contributed by atoms with Gasteiger partial charge in [-0.25, -0.2) is 0 Å². The first kappa shape index (κ1) is 9.16. The van der Waals surface area contributed by atoms with Crippen LogP contribution in [0.4, 0.5) is 0 Å². The van der Waals surface area contributed by atoms with Crippen molar-refractivity contribution >= 4 is 22.7 Å². The molecule has 0 spiro atoms. The second-order valence-corrected chi connectivity index (χ2v) is 4.87. The van der Waals surface area contributed by atoms with Crippen LogP contribution in [0.1, 0.15) is 11.3 Å². The average Bonchev–Trinajstić information content (AvgIpc) is 2.67. The second kappa shape index (κ2) is 3.49. The third kappa shape index (κ3) is 1.34. The zero-order valence-electron chi connectivity index (χ0n) is 8.67. The molecule has 0 bridgehead atoms. The van der Waals surface area contributed by atoms with E-state index < -0.39 is 0 Å². The number of rotatable bonds is 1. The van der Waals surface area contributed by atoms with E-state index in [0.29, 0.717) is 0 Å². The van der Waals surface area contributed by atoms with Crippen LogP contribution in [0.5, 0.6) is 5.75 Å². The summed E-state index contributed by atoms with van der Waals surface area (Å²) in [6.07, 6.45) is 1.15. The number of hydrogen-bond donors (Lipinski definition) is 1. The standard InChI is InChI=1S/C12H13NOS/c1-14-11-4-2-3-8-9-7-15-6-5-10(9)13-12(8)11/h2-4,13H,5-7H2,1H3. The molecule has 0 amide bonds. The molecule has 1 aromatic carbocycles. The van der Waals surface area contributed by atoms with Gasteiger partial charge in [0.2, 0.25) is 0 Å². The fraction of sp³-hybridized carbons (Fsp3) is 0.333. The SMILES string of the molecule is COc1cccc2c3c([nH]c12)CCSC3. The van der Waals surface area contributed by atoms with Crippen molar-refractivity contribution in [1.29, 1.82) is 0 Å². The summed E-state index contributed by atoms with van der Waals surface area (Å²) in [5, 5.41) is 1.33. The van der Waals surface area contributed by atoms with Gasteiger partial charge in [0.15, 0.2) is 0 Å². The predicted molar refractivity (Wildman–Crippen MR) is 64.7 cm³/mol. The second-order valence-electron chi connectivity index (χ2n) is 3.77. The summed E-state index contributed by atoms with van der Waals surface area (Å²) in [6, 6.07) is 6.26. The van der Waals surface area contributed by atoms with Crippen molar-refractivity contribution < 1.29 is 4.74 Å². The van der Waals surface area contributed by atoms with E-state index in [1.807, 2.05) is 17.8 Å². The number of H-pyrrole nitrogens is 1. The molecule has 1 aromatic heterocycles. The number of aromatic nitrogens is 1. The van der Waals surface area contributed by atoms with Crippen molar-refractivity contribution in [2.75, 3.05) is 12.9 Å². The molecule has 1 N–H and O–H groups in total. The van der Waals surface area contributed by atoms with Gasteiger partial charge in [-0.05, 0) is 23.8 Å². The fourth-order valence-electron chi connectivity index (χ4n) is 2.20. The number of benzene rings is 1. The van der Waals surface area contributed by atoms with Gasteiger partial charge in [-0.3, -0.25) is 0 Å². The van der Waals surface area contributed by atoms with Crippen LogP contribution in [-0.4, -0.2) is 17.8 Å². The van der Waals surface area contributed by atoms with Gasteiger partial charge in [0.25, 0.3) is 0 Å². The Morgan fingerprint density at radius 2 is 2.33 bits per heavy atom. The first-order chi connectivity index (χ1) is 7.40. The predicted octanol–water partition coefficient (Wildman–Crippen LogP) is 2.97. The minimum atomic E-state index is 0.951. The van der Waals surface area contributed by atoms with Crippen molar-refractivity contribution in [2.24, 2.45) is 0 Å². The summed E-state index contributed by atoms with van der Waals surface area (Å²) in [7, 11) is 1.73. The molecule has 78 valence electrons. The smallest absolute Gasteiger partial charge is 0.142 e. The Morgan fingerprint density at radius 1 is 1.40 bits per heavy atom. The van der Waals surface area contributed by atoms with Crippen LogP contribution in [0.15, 0.2) is 18.2 Å². The fourth-order valence-corrected chi connectivity index (χ4v) is 3.22. The summed E-state index contributed by atoms with van der Waals surface area (Å²) in [6.45, 7) is 0. The molecule has 0 atom stereocenters. The van der Waals surface area contributed by atoms with Gasteiger partial charge in [-0.1, -0.05) is 12.1 Å². The van der Waals surface area contributed by atoms with E-state index in [2.05, 4.69) is 17.1 Å². The highest BCUT2D eigenvalue weighted by molar-refractivity contribution is 7.98. The van der Waals surface area contributed by atoms with Crippen molar-refractivity contribution in [3.8, 4) is 5.75 Å². The van der Waals surface area contributed by atoms with Gasteiger partial charge in [0.1, 0.15) is 5.75 Å². The summed E-state index contributed by atoms with van der Waals surface area (Å²) in [5.41, 5.74) is 4.03. The molecule has 2 aromatic rings. The molecule has 0 unspecified atom stereocenters. The quantitative estimate of drug-likeness (QED) is 0.797. The van der Waals surface area contributed by atoms with Crippen LogP contribution in [-0.2, 0) is 12.2 Å². The van der Waals surface area contributed by atoms with Gasteiger partial charge < -0.3 is 9.72 Å². The minimum absolute atomic E-state index is 0.951. The third-order valence-corrected chi connectivity index (χ3v) is 3.94. The number of aryl methyl sites for hydroxylation is 1. The maximum Gasteiger partial charge on any atom is 0.142 e. The van der Waals surface area contributed by atoms with Crippen molar-refractivity contribution in [3.63, 3.8) is 0 Å². The number of methoxy groups -OCH3 is 1. The Morgan fingerprint density at radius 3 is 3.20 bits per heavy atom. The number of para-hydroxylation sites is 1. The molecule has 0 aliphatic carbocycles. The van der Waals surface area contributed by atoms with Gasteiger partial charge in [0, 0.05) is 16.8 Å². The largest absolute Gasteiger partial charge is 0.495 e. The Balaban J connectivity index is 2.31. The molecular weight excluding hydrogens is 206 g/mol. The molecule has 15 heavy (non-hydrogen) atoms. The number of hydrogen-bond acceptors (Lipinski definition) is 2. The number of fused-ring (bicyclic) bond motifs is 3. The van der Waals surface area contributed by atoms with Crippen LogP contribution in [0, 0.1) is 0 Å². The van der Waals surface area contributed by atoms with Crippen molar-refractivity contribution in [3.05, 3.63) is 29.5 Å². The van der Waals surface area contributed by atoms with Gasteiger partial charge in [0.05, 0.1) is 12.6 Å². The molecule has 1 aliphatic rings. The van der Waals surface area contributed by atoms with E-state index in [1.54, 1.807) is 7.11 Å². The van der Waals surface area contributed by atoms with Crippen LogP contribution >= 0.6 is 11.8 Å². The van der Waals surface area contributed by atoms with Gasteiger partial charge in [-0.2, -0.15) is 11.8 Å². The lowest BCUT2D eigenvalue weighted by molar-refractivity contribution is 0.419. The number of aromatic amines is 1. The first-order valence-corrected chi connectivity index (χ1v) is 6.30. The summed E-state index contributed by atoms with van der Waals surface area (Å²) in [5.74, 6) is 3.30. The topological polar surface area (TPSA) is 25.0 Å². The molecule has 0 radical (unpaired) electrons. The number of nitrogens with one attached hydrogen (secondary N) is 1. The lowest BCUT2D eigenvalue weighted by atomic mass is 10.1. The Labute approximate surface area is 93.0 Å². The average molecular weight is 219 g/mol. The number of ether oxygens (including phenoxy) is 1. The van der Waals surface area contributed by atoms with Gasteiger partial charge in [-0.15, -0.1) is 0 Å². The zero-order chi connectivity index (χ0) is 10.3. The van der Waals surface area contributed by atoms with E-state index in [1.165, 1.54) is 22.4 Å². The van der Waals surface area contributed by atoms with E-state index in [4.69, 9.17) is 4.74 Å². The monoisotopic (exact) mass is 219 g/mol. The normalized spacial score (nSPS) is 15.3. The molecule has 1 aliphatic heterocycles. The third-order valence-electron chi connectivity index (χ3n) is 2.95. The summed E-state index contributed by atoms with van der Waals surface area (Å²) < 4.78 is 5.37. The molecule has 2 nitrogen and oxygen atoms in total. The molecule has 0 saturated heterocycles. The van der Waals surface area contributed by atoms with E-state index in [0.717, 1.165) is 23.4 Å². The highest BCUT2D eigenvalue weighted by atomic mass is 32.2. The number of thioether (sulfide) groups is 1. The first-order valence-electron chi connectivity index (χ1n) is 5.14. The molecule has 3 rings (SSSR count). The van der Waals surface area contributed by atoms with Crippen molar-refractivity contribution in [1.82, 2.24) is 4.98 Å². The van der Waals surface area contributed by atoms with Crippen LogP contribution in [0.3, 0.4) is 0 Å². The van der Waals surface area contributed by atoms with Crippen LogP contribution in [0.2, 0.25) is 0 Å². The lowest BCUT2D eigenvalue weighted by Gasteiger charge is -2.09. The van der Waals surface area contributed by atoms with Crippen LogP contribution < -0.4 is 4.74 Å². The van der Waals surface area contributed by atoms with E-state index >= 15 is 0 Å². The molecule has 0 saturated carbocycles. The Hall–Kier alpha value is -1.09. The maximum atomic E-state index is 5.37.